The van der Waals surface area contributed by atoms with Crippen molar-refractivity contribution in [1.82, 2.24) is 0 Å². The molecule has 3 aromatic rings. The number of hydrazone groups is 1. The zero-order chi connectivity index (χ0) is 22.9. The van der Waals surface area contributed by atoms with Crippen LogP contribution < -0.4 is 14.9 Å². The Morgan fingerprint density at radius 3 is 1.69 bits per heavy atom. The van der Waals surface area contributed by atoms with Crippen molar-refractivity contribution < 1.29 is 19.3 Å². The van der Waals surface area contributed by atoms with Crippen LogP contribution in [0.2, 0.25) is 0 Å². The highest BCUT2D eigenvalue weighted by atomic mass is 16.6. The molecule has 32 heavy (non-hydrogen) atoms. The molecule has 0 atom stereocenters. The van der Waals surface area contributed by atoms with Gasteiger partial charge in [0, 0.05) is 24.3 Å². The fourth-order valence-electron chi connectivity index (χ4n) is 2.65. The summed E-state index contributed by atoms with van der Waals surface area (Å²) in [5.74, 6) is 1.19. The standard InChI is InChI=1S/C22H20N4O6/c1-16(23-24-18-4-6-19(7-5-18)25(27)28)17-2-10-21(11-3-17)31-14-15-32-22-12-8-20(9-13-22)26(29)30/h2-13,24H,14-15H2,1H3/b23-16-. The molecule has 0 saturated carbocycles. The van der Waals surface area contributed by atoms with Crippen molar-refractivity contribution in [2.45, 2.75) is 6.92 Å². The van der Waals surface area contributed by atoms with Crippen LogP contribution in [-0.2, 0) is 0 Å². The van der Waals surface area contributed by atoms with E-state index in [1.807, 2.05) is 31.2 Å². The number of hydrogen-bond acceptors (Lipinski definition) is 8. The van der Waals surface area contributed by atoms with Gasteiger partial charge in [0.15, 0.2) is 0 Å². The van der Waals surface area contributed by atoms with Crippen LogP contribution in [-0.4, -0.2) is 28.8 Å². The van der Waals surface area contributed by atoms with Crippen LogP contribution in [0.4, 0.5) is 17.1 Å². The average Bonchev–Trinajstić information content (AvgIpc) is 2.81. The van der Waals surface area contributed by atoms with Crippen molar-refractivity contribution in [1.29, 1.82) is 0 Å². The highest BCUT2D eigenvalue weighted by Crippen LogP contribution is 2.18. The Hall–Kier alpha value is -4.47. The van der Waals surface area contributed by atoms with Gasteiger partial charge < -0.3 is 9.47 Å². The highest BCUT2D eigenvalue weighted by Gasteiger charge is 2.05. The van der Waals surface area contributed by atoms with Gasteiger partial charge in [0.1, 0.15) is 24.7 Å². The predicted octanol–water partition coefficient (Wildman–Crippen LogP) is 4.80. The van der Waals surface area contributed by atoms with Crippen molar-refractivity contribution in [3.8, 4) is 11.5 Å². The van der Waals surface area contributed by atoms with Gasteiger partial charge in [0.25, 0.3) is 11.4 Å². The van der Waals surface area contributed by atoms with Crippen molar-refractivity contribution >= 4 is 22.8 Å². The summed E-state index contributed by atoms with van der Waals surface area (Å²) in [6, 6.07) is 19.2. The maximum atomic E-state index is 10.7. The zero-order valence-electron chi connectivity index (χ0n) is 17.1. The molecule has 0 aliphatic rings. The number of nitrogens with zero attached hydrogens (tertiary/aromatic N) is 3. The van der Waals surface area contributed by atoms with E-state index in [0.717, 1.165) is 11.3 Å². The van der Waals surface area contributed by atoms with E-state index in [9.17, 15) is 20.2 Å². The minimum Gasteiger partial charge on any atom is -0.490 e. The molecule has 0 unspecified atom stereocenters. The van der Waals surface area contributed by atoms with Crippen LogP contribution in [0.15, 0.2) is 77.9 Å². The molecule has 0 bridgehead atoms. The summed E-state index contributed by atoms with van der Waals surface area (Å²) in [6.07, 6.45) is 0. The number of hydrogen-bond donors (Lipinski definition) is 1. The van der Waals surface area contributed by atoms with Gasteiger partial charge in [-0.1, -0.05) is 0 Å². The highest BCUT2D eigenvalue weighted by molar-refractivity contribution is 5.99. The van der Waals surface area contributed by atoms with E-state index < -0.39 is 9.85 Å². The molecule has 0 amide bonds. The third-order valence-corrected chi connectivity index (χ3v) is 4.37. The molecule has 3 rings (SSSR count). The summed E-state index contributed by atoms with van der Waals surface area (Å²) in [5.41, 5.74) is 5.16. The second-order valence-electron chi connectivity index (χ2n) is 6.59. The van der Waals surface area contributed by atoms with E-state index in [2.05, 4.69) is 10.5 Å². The topological polar surface area (TPSA) is 129 Å². The molecule has 1 N–H and O–H groups in total. The lowest BCUT2D eigenvalue weighted by Gasteiger charge is -2.09. The first-order valence-corrected chi connectivity index (χ1v) is 9.57. The quantitative estimate of drug-likeness (QED) is 0.209. The maximum absolute atomic E-state index is 10.7. The number of rotatable bonds is 10. The molecule has 0 radical (unpaired) electrons. The predicted molar refractivity (Wildman–Crippen MR) is 119 cm³/mol. The molecule has 0 heterocycles. The lowest BCUT2D eigenvalue weighted by Crippen LogP contribution is -2.09. The number of nitro groups is 2. The van der Waals surface area contributed by atoms with Gasteiger partial charge in [-0.2, -0.15) is 5.10 Å². The van der Waals surface area contributed by atoms with E-state index in [-0.39, 0.29) is 11.4 Å². The van der Waals surface area contributed by atoms with Gasteiger partial charge in [0.05, 0.1) is 21.2 Å². The van der Waals surface area contributed by atoms with E-state index >= 15 is 0 Å². The summed E-state index contributed by atoms with van der Waals surface area (Å²) >= 11 is 0. The third-order valence-electron chi connectivity index (χ3n) is 4.37. The summed E-state index contributed by atoms with van der Waals surface area (Å²) in [5, 5.41) is 25.6. The van der Waals surface area contributed by atoms with Gasteiger partial charge >= 0.3 is 0 Å². The number of non-ortho nitro benzene ring substituents is 2. The average molecular weight is 436 g/mol. The lowest BCUT2D eigenvalue weighted by molar-refractivity contribution is -0.385. The molecule has 0 aliphatic carbocycles. The number of ether oxygens (including phenoxy) is 2. The molecular formula is C22H20N4O6. The van der Waals surface area contributed by atoms with E-state index in [1.54, 1.807) is 24.3 Å². The van der Waals surface area contributed by atoms with Crippen LogP contribution in [0.5, 0.6) is 11.5 Å². The summed E-state index contributed by atoms with van der Waals surface area (Å²) in [4.78, 5) is 20.4. The normalized spacial score (nSPS) is 11.0. The van der Waals surface area contributed by atoms with E-state index in [4.69, 9.17) is 9.47 Å². The Bertz CT molecular complexity index is 1100. The molecule has 10 heteroatoms. The van der Waals surface area contributed by atoms with Crippen LogP contribution in [0.25, 0.3) is 0 Å². The minimum absolute atomic E-state index is 0.00969. The van der Waals surface area contributed by atoms with Crippen molar-refractivity contribution in [3.05, 3.63) is 98.6 Å². The first-order valence-electron chi connectivity index (χ1n) is 9.57. The second-order valence-corrected chi connectivity index (χ2v) is 6.59. The fraction of sp³-hybridized carbons (Fsp3) is 0.136. The Morgan fingerprint density at radius 1 is 0.781 bits per heavy atom. The molecule has 0 aromatic heterocycles. The molecular weight excluding hydrogens is 416 g/mol. The Morgan fingerprint density at radius 2 is 1.22 bits per heavy atom. The number of benzene rings is 3. The van der Waals surface area contributed by atoms with Crippen LogP contribution in [0.3, 0.4) is 0 Å². The van der Waals surface area contributed by atoms with Crippen LogP contribution >= 0.6 is 0 Å². The molecule has 0 aliphatic heterocycles. The molecule has 0 spiro atoms. The number of nitro benzene ring substituents is 2. The molecule has 3 aromatic carbocycles. The first-order chi connectivity index (χ1) is 15.4. The second kappa shape index (κ2) is 10.5. The minimum atomic E-state index is -0.464. The van der Waals surface area contributed by atoms with Crippen molar-refractivity contribution in [3.63, 3.8) is 0 Å². The zero-order valence-corrected chi connectivity index (χ0v) is 17.1. The summed E-state index contributed by atoms with van der Waals surface area (Å²) in [6.45, 7) is 2.44. The van der Waals surface area contributed by atoms with Crippen molar-refractivity contribution in [2.75, 3.05) is 18.6 Å². The molecule has 10 nitrogen and oxygen atoms in total. The van der Waals surface area contributed by atoms with Crippen LogP contribution in [0.1, 0.15) is 12.5 Å². The number of nitrogens with one attached hydrogen (secondary N) is 1. The smallest absolute Gasteiger partial charge is 0.269 e. The maximum Gasteiger partial charge on any atom is 0.269 e. The molecule has 0 fully saturated rings. The monoisotopic (exact) mass is 436 g/mol. The largest absolute Gasteiger partial charge is 0.490 e. The molecule has 164 valence electrons. The van der Waals surface area contributed by atoms with Gasteiger partial charge in [-0.3, -0.25) is 25.7 Å². The Kier molecular flexibility index (Phi) is 7.31. The lowest BCUT2D eigenvalue weighted by atomic mass is 10.1. The van der Waals surface area contributed by atoms with Gasteiger partial charge in [0.2, 0.25) is 0 Å². The van der Waals surface area contributed by atoms with Gasteiger partial charge in [-0.25, -0.2) is 0 Å². The van der Waals surface area contributed by atoms with Gasteiger partial charge in [-0.05, 0) is 61.0 Å². The van der Waals surface area contributed by atoms with Gasteiger partial charge in [-0.15, -0.1) is 0 Å². The summed E-state index contributed by atoms with van der Waals surface area (Å²) < 4.78 is 11.1. The van der Waals surface area contributed by atoms with E-state index in [1.165, 1.54) is 24.3 Å². The Balaban J connectivity index is 1.45. The first kappa shape index (κ1) is 22.2. The third kappa shape index (κ3) is 6.26. The SMILES string of the molecule is C/C(=N/Nc1ccc([N+](=O)[O-])cc1)c1ccc(OCCOc2ccc([N+](=O)[O-])cc2)cc1. The Labute approximate surface area is 183 Å². The fourth-order valence-corrected chi connectivity index (χ4v) is 2.65. The summed E-state index contributed by atoms with van der Waals surface area (Å²) in [7, 11) is 0. The van der Waals surface area contributed by atoms with E-state index in [0.29, 0.717) is 30.4 Å². The molecule has 0 saturated heterocycles. The van der Waals surface area contributed by atoms with Crippen molar-refractivity contribution in [2.24, 2.45) is 5.10 Å². The van der Waals surface area contributed by atoms with Crippen LogP contribution in [0, 0.1) is 20.2 Å². The number of anilines is 1.